The highest BCUT2D eigenvalue weighted by atomic mass is 35.5. The minimum absolute atomic E-state index is 0.0162. The Balaban J connectivity index is 1.71. The number of nitrogens with one attached hydrogen (secondary N) is 1. The lowest BCUT2D eigenvalue weighted by molar-refractivity contribution is -0.128. The van der Waals surface area contributed by atoms with Crippen molar-refractivity contribution in [2.24, 2.45) is 5.41 Å². The van der Waals surface area contributed by atoms with Crippen LogP contribution in [0.4, 0.5) is 5.69 Å². The summed E-state index contributed by atoms with van der Waals surface area (Å²) in [5.74, 6) is -0.0162. The molecule has 0 bridgehead atoms. The van der Waals surface area contributed by atoms with Crippen molar-refractivity contribution in [2.75, 3.05) is 17.4 Å². The lowest BCUT2D eigenvalue weighted by Gasteiger charge is -2.18. The molecule has 2 heterocycles. The normalized spacial score (nSPS) is 14.3. The number of carbonyl (C=O) groups is 1. The molecule has 0 unspecified atom stereocenters. The number of carbonyl (C=O) groups excluding carboxylic acids is 1. The lowest BCUT2D eigenvalue weighted by Crippen LogP contribution is -2.35. The fraction of sp³-hybridized carbons (Fsp3) is 0.421. The van der Waals surface area contributed by atoms with E-state index >= 15 is 0 Å². The predicted octanol–water partition coefficient (Wildman–Crippen LogP) is 3.86. The quantitative estimate of drug-likeness (QED) is 0.789. The number of fused-ring (bicyclic) bond motifs is 1. The second-order valence-corrected chi connectivity index (χ2v) is 11.2. The van der Waals surface area contributed by atoms with Crippen molar-refractivity contribution in [1.29, 1.82) is 0 Å². The maximum absolute atomic E-state index is 13.1. The van der Waals surface area contributed by atoms with Gasteiger partial charge < -0.3 is 5.32 Å². The Bertz CT molecular complexity index is 962. The summed E-state index contributed by atoms with van der Waals surface area (Å²) in [7, 11) is -3.61. The number of thiophene rings is 1. The molecule has 1 N–H and O–H groups in total. The number of sulfonamides is 1. The van der Waals surface area contributed by atoms with Gasteiger partial charge in [0.25, 0.3) is 10.0 Å². The van der Waals surface area contributed by atoms with Crippen molar-refractivity contribution in [3.8, 4) is 0 Å². The van der Waals surface area contributed by atoms with E-state index in [1.807, 2.05) is 26.8 Å². The largest absolute Gasteiger partial charge is 0.355 e. The first kappa shape index (κ1) is 20.2. The zero-order valence-corrected chi connectivity index (χ0v) is 18.0. The van der Waals surface area contributed by atoms with E-state index in [4.69, 9.17) is 11.6 Å². The van der Waals surface area contributed by atoms with Gasteiger partial charge in [-0.1, -0.05) is 38.4 Å². The Morgan fingerprint density at radius 1 is 1.26 bits per heavy atom. The summed E-state index contributed by atoms with van der Waals surface area (Å²) in [5.41, 5.74) is 1.10. The first-order chi connectivity index (χ1) is 12.6. The molecule has 3 rings (SSSR count). The lowest BCUT2D eigenvalue weighted by atomic mass is 9.96. The predicted molar refractivity (Wildman–Crippen MR) is 110 cm³/mol. The van der Waals surface area contributed by atoms with E-state index in [9.17, 15) is 13.2 Å². The summed E-state index contributed by atoms with van der Waals surface area (Å²) in [6, 6.07) is 8.81. The van der Waals surface area contributed by atoms with Crippen LogP contribution in [0.1, 0.15) is 31.2 Å². The highest BCUT2D eigenvalue weighted by Gasteiger charge is 2.32. The van der Waals surface area contributed by atoms with Gasteiger partial charge in [-0.25, -0.2) is 8.42 Å². The van der Waals surface area contributed by atoms with E-state index in [0.717, 1.165) is 10.4 Å². The molecule has 0 saturated carbocycles. The number of rotatable bonds is 5. The van der Waals surface area contributed by atoms with Crippen molar-refractivity contribution in [3.63, 3.8) is 0 Å². The fourth-order valence-corrected chi connectivity index (χ4v) is 6.15. The third kappa shape index (κ3) is 4.15. The van der Waals surface area contributed by atoms with Gasteiger partial charge in [0.1, 0.15) is 4.21 Å². The first-order valence-corrected chi connectivity index (χ1v) is 11.4. The van der Waals surface area contributed by atoms with Crippen molar-refractivity contribution in [1.82, 2.24) is 5.32 Å². The van der Waals surface area contributed by atoms with Gasteiger partial charge in [0.2, 0.25) is 5.91 Å². The monoisotopic (exact) mass is 426 g/mol. The molecule has 8 heteroatoms. The molecular formula is C19H23ClN2O3S2. The van der Waals surface area contributed by atoms with E-state index in [0.29, 0.717) is 40.9 Å². The molecule has 1 aliphatic heterocycles. The molecule has 1 aromatic heterocycles. The number of anilines is 1. The minimum atomic E-state index is -3.61. The number of benzene rings is 1. The topological polar surface area (TPSA) is 66.5 Å². The van der Waals surface area contributed by atoms with E-state index < -0.39 is 15.4 Å². The molecule has 1 aliphatic rings. The average molecular weight is 427 g/mol. The molecule has 0 saturated heterocycles. The molecule has 0 spiro atoms. The standard InChI is InChI=1S/C19H23ClN2O3S2/c1-19(2,3)18(23)21-11-9-13-7-8-17(26-13)27(24,25)22-12-10-14-15(20)5-4-6-16(14)22/h4-8H,9-12H2,1-3H3,(H,21,23). The average Bonchev–Trinajstić information content (AvgIpc) is 3.22. The van der Waals surface area contributed by atoms with E-state index in [2.05, 4.69) is 5.32 Å². The highest BCUT2D eigenvalue weighted by molar-refractivity contribution is 7.94. The SMILES string of the molecule is CC(C)(C)C(=O)NCCc1ccc(S(=O)(=O)N2CCc3c(Cl)cccc32)s1. The molecule has 1 amide bonds. The third-order valence-electron chi connectivity index (χ3n) is 4.45. The van der Waals surface area contributed by atoms with Crippen LogP contribution in [0.3, 0.4) is 0 Å². The van der Waals surface area contributed by atoms with Gasteiger partial charge in [0.05, 0.1) is 5.69 Å². The van der Waals surface area contributed by atoms with E-state index in [-0.39, 0.29) is 5.91 Å². The van der Waals surface area contributed by atoms with Gasteiger partial charge in [-0.3, -0.25) is 9.10 Å². The van der Waals surface area contributed by atoms with Crippen molar-refractivity contribution in [2.45, 2.75) is 37.8 Å². The Hall–Kier alpha value is -1.57. The van der Waals surface area contributed by atoms with Crippen LogP contribution in [-0.2, 0) is 27.7 Å². The summed E-state index contributed by atoms with van der Waals surface area (Å²) >= 11 is 7.45. The van der Waals surface area contributed by atoms with Crippen LogP contribution in [0.2, 0.25) is 5.02 Å². The number of amides is 1. The van der Waals surface area contributed by atoms with E-state index in [1.165, 1.54) is 15.6 Å². The Morgan fingerprint density at radius 2 is 2.00 bits per heavy atom. The van der Waals surface area contributed by atoms with Crippen molar-refractivity contribution < 1.29 is 13.2 Å². The number of hydrogen-bond acceptors (Lipinski definition) is 4. The highest BCUT2D eigenvalue weighted by Crippen LogP contribution is 2.38. The van der Waals surface area contributed by atoms with Crippen LogP contribution in [0.15, 0.2) is 34.5 Å². The summed E-state index contributed by atoms with van der Waals surface area (Å²) in [6.45, 7) is 6.46. The molecule has 0 radical (unpaired) electrons. The van der Waals surface area contributed by atoms with Gasteiger partial charge in [0, 0.05) is 28.4 Å². The summed E-state index contributed by atoms with van der Waals surface area (Å²) in [4.78, 5) is 12.8. The van der Waals surface area contributed by atoms with Gasteiger partial charge in [-0.05, 0) is 42.7 Å². The van der Waals surface area contributed by atoms with Crippen molar-refractivity contribution in [3.05, 3.63) is 45.8 Å². The zero-order chi connectivity index (χ0) is 19.8. The molecule has 5 nitrogen and oxygen atoms in total. The number of hydrogen-bond donors (Lipinski definition) is 1. The molecule has 0 aliphatic carbocycles. The summed E-state index contributed by atoms with van der Waals surface area (Å²) < 4.78 is 27.9. The van der Waals surface area contributed by atoms with Crippen LogP contribution in [0.25, 0.3) is 0 Å². The molecule has 2 aromatic rings. The zero-order valence-electron chi connectivity index (χ0n) is 15.6. The van der Waals surface area contributed by atoms with Gasteiger partial charge in [0.15, 0.2) is 0 Å². The van der Waals surface area contributed by atoms with E-state index in [1.54, 1.807) is 24.3 Å². The van der Waals surface area contributed by atoms with Gasteiger partial charge in [-0.2, -0.15) is 0 Å². The van der Waals surface area contributed by atoms with Crippen LogP contribution in [0.5, 0.6) is 0 Å². The molecule has 27 heavy (non-hydrogen) atoms. The third-order valence-corrected chi connectivity index (χ3v) is 8.23. The first-order valence-electron chi connectivity index (χ1n) is 8.78. The Morgan fingerprint density at radius 3 is 2.70 bits per heavy atom. The second-order valence-electron chi connectivity index (χ2n) is 7.54. The second kappa shape index (κ2) is 7.45. The molecule has 1 aromatic carbocycles. The fourth-order valence-electron chi connectivity index (χ4n) is 2.92. The summed E-state index contributed by atoms with van der Waals surface area (Å²) in [6.07, 6.45) is 1.22. The maximum atomic E-state index is 13.1. The molecule has 0 atom stereocenters. The summed E-state index contributed by atoms with van der Waals surface area (Å²) in [5, 5.41) is 3.49. The van der Waals surface area contributed by atoms with Crippen LogP contribution >= 0.6 is 22.9 Å². The van der Waals surface area contributed by atoms with Crippen LogP contribution in [0, 0.1) is 5.41 Å². The number of halogens is 1. The number of nitrogens with zero attached hydrogens (tertiary/aromatic N) is 1. The van der Waals surface area contributed by atoms with Gasteiger partial charge >= 0.3 is 0 Å². The Labute approximate surface area is 169 Å². The Kier molecular flexibility index (Phi) is 5.57. The smallest absolute Gasteiger partial charge is 0.273 e. The molecule has 0 fully saturated rings. The van der Waals surface area contributed by atoms with Crippen molar-refractivity contribution >= 4 is 44.6 Å². The maximum Gasteiger partial charge on any atom is 0.273 e. The van der Waals surface area contributed by atoms with Crippen LogP contribution in [-0.4, -0.2) is 27.4 Å². The molecular weight excluding hydrogens is 404 g/mol. The van der Waals surface area contributed by atoms with Crippen LogP contribution < -0.4 is 9.62 Å². The minimum Gasteiger partial charge on any atom is -0.355 e. The molecule has 146 valence electrons. The van der Waals surface area contributed by atoms with Gasteiger partial charge in [-0.15, -0.1) is 11.3 Å².